The molecular weight excluding hydrogens is 286 g/mol. The molecule has 0 saturated carbocycles. The van der Waals surface area contributed by atoms with Gasteiger partial charge < -0.3 is 4.98 Å². The van der Waals surface area contributed by atoms with Gasteiger partial charge in [0.2, 0.25) is 0 Å². The lowest BCUT2D eigenvalue weighted by Gasteiger charge is -2.06. The summed E-state index contributed by atoms with van der Waals surface area (Å²) in [6.45, 7) is 0.00132. The first-order chi connectivity index (χ1) is 9.49. The molecule has 2 rings (SSSR count). The van der Waals surface area contributed by atoms with Gasteiger partial charge in [-0.15, -0.1) is 0 Å². The minimum Gasteiger partial charge on any atom is -0.313 e. The Bertz CT molecular complexity index is 795. The van der Waals surface area contributed by atoms with Crippen molar-refractivity contribution < 1.29 is 13.3 Å². The number of aromatic amines is 2. The predicted octanol–water partition coefficient (Wildman–Crippen LogP) is -0.527. The summed E-state index contributed by atoms with van der Waals surface area (Å²) in [4.78, 5) is 32.1. The number of rotatable bonds is 5. The van der Waals surface area contributed by atoms with Gasteiger partial charge in [-0.1, -0.05) is 35.2 Å². The van der Waals surface area contributed by atoms with Crippen molar-refractivity contribution in [1.29, 1.82) is 0 Å². The summed E-state index contributed by atoms with van der Waals surface area (Å²) in [5.41, 5.74) is -1.06. The third-order valence-electron chi connectivity index (χ3n) is 2.33. The zero-order valence-corrected chi connectivity index (χ0v) is 10.9. The highest BCUT2D eigenvalue weighted by Crippen LogP contribution is 2.02. The molecule has 0 unspecified atom stereocenters. The second-order valence-electron chi connectivity index (χ2n) is 3.80. The normalized spacial score (nSPS) is 11.4. The highest BCUT2D eigenvalue weighted by atomic mass is 32.2. The van der Waals surface area contributed by atoms with Crippen LogP contribution < -0.4 is 16.1 Å². The predicted molar refractivity (Wildman–Crippen MR) is 69.2 cm³/mol. The minimum absolute atomic E-state index is 0.00132. The van der Waals surface area contributed by atoms with Crippen molar-refractivity contribution >= 4 is 10.0 Å². The van der Waals surface area contributed by atoms with E-state index in [2.05, 4.69) is 4.98 Å². The van der Waals surface area contributed by atoms with Crippen molar-refractivity contribution in [3.8, 4) is 0 Å². The molecule has 0 atom stereocenters. The number of aromatic nitrogens is 2. The zero-order chi connectivity index (χ0) is 14.6. The van der Waals surface area contributed by atoms with Crippen LogP contribution in [0.1, 0.15) is 5.56 Å². The molecule has 0 fully saturated rings. The van der Waals surface area contributed by atoms with E-state index in [0.29, 0.717) is 0 Å². The Hall–Kier alpha value is -2.23. The fourth-order valence-electron chi connectivity index (χ4n) is 1.41. The van der Waals surface area contributed by atoms with Crippen molar-refractivity contribution in [2.45, 2.75) is 11.5 Å². The molecule has 1 aromatic carbocycles. The van der Waals surface area contributed by atoms with E-state index in [0.717, 1.165) is 11.8 Å². The van der Waals surface area contributed by atoms with Crippen LogP contribution in [0.25, 0.3) is 0 Å². The van der Waals surface area contributed by atoms with E-state index in [1.165, 1.54) is 0 Å². The number of benzene rings is 1. The molecule has 8 nitrogen and oxygen atoms in total. The van der Waals surface area contributed by atoms with E-state index in [1.807, 2.05) is 15.9 Å². The average molecular weight is 297 g/mol. The molecule has 0 aliphatic carbocycles. The first-order valence-electron chi connectivity index (χ1n) is 5.48. The van der Waals surface area contributed by atoms with Crippen molar-refractivity contribution in [2.75, 3.05) is 0 Å². The molecule has 0 spiro atoms. The van der Waals surface area contributed by atoms with Crippen LogP contribution in [0.2, 0.25) is 0 Å². The average Bonchev–Trinajstić information content (AvgIpc) is 2.39. The molecule has 20 heavy (non-hydrogen) atoms. The Morgan fingerprint density at radius 2 is 1.85 bits per heavy atom. The van der Waals surface area contributed by atoms with Crippen LogP contribution in [0.15, 0.2) is 51.0 Å². The molecule has 0 bridgehead atoms. The van der Waals surface area contributed by atoms with Gasteiger partial charge in [0, 0.05) is 6.20 Å². The van der Waals surface area contributed by atoms with E-state index in [4.69, 9.17) is 4.84 Å². The number of nitrogens with one attached hydrogen (secondary N) is 3. The summed E-state index contributed by atoms with van der Waals surface area (Å²) in [5, 5.41) is 0. The second-order valence-corrected chi connectivity index (χ2v) is 5.41. The summed E-state index contributed by atoms with van der Waals surface area (Å²) >= 11 is 0. The second kappa shape index (κ2) is 5.82. The first kappa shape index (κ1) is 14.2. The maximum atomic E-state index is 11.8. The van der Waals surface area contributed by atoms with E-state index < -0.39 is 26.2 Å². The summed E-state index contributed by atoms with van der Waals surface area (Å²) in [5.74, 6) is 0. The Balaban J connectivity index is 2.08. The van der Waals surface area contributed by atoms with Crippen LogP contribution in [0.4, 0.5) is 0 Å². The number of hydrogen-bond donors (Lipinski definition) is 3. The Morgan fingerprint density at radius 1 is 1.15 bits per heavy atom. The van der Waals surface area contributed by atoms with Gasteiger partial charge in [0.1, 0.15) is 0 Å². The monoisotopic (exact) mass is 297 g/mol. The molecule has 0 amide bonds. The Labute approximate surface area is 113 Å². The lowest BCUT2D eigenvalue weighted by molar-refractivity contribution is 0.0794. The van der Waals surface area contributed by atoms with Gasteiger partial charge in [-0.25, -0.2) is 13.2 Å². The quantitative estimate of drug-likeness (QED) is 0.641. The van der Waals surface area contributed by atoms with Gasteiger partial charge in [-0.05, 0) is 5.56 Å². The highest BCUT2D eigenvalue weighted by molar-refractivity contribution is 7.89. The molecule has 9 heteroatoms. The summed E-state index contributed by atoms with van der Waals surface area (Å²) in [7, 11) is -4.16. The van der Waals surface area contributed by atoms with Crippen molar-refractivity contribution in [2.24, 2.45) is 0 Å². The maximum absolute atomic E-state index is 11.8. The van der Waals surface area contributed by atoms with Crippen LogP contribution in [-0.4, -0.2) is 18.4 Å². The van der Waals surface area contributed by atoms with Crippen molar-refractivity contribution in [1.82, 2.24) is 14.9 Å². The number of hydrogen-bond acceptors (Lipinski definition) is 5. The van der Waals surface area contributed by atoms with Gasteiger partial charge >= 0.3 is 5.69 Å². The van der Waals surface area contributed by atoms with E-state index in [1.54, 1.807) is 24.3 Å². The standard InChI is InChI=1S/C11H11N3O5S/c15-10-9(6-12-11(16)13-10)20(17,18)14-19-7-8-4-2-1-3-5-8/h1-6,14H,7H2,(H2,12,13,15,16). The molecule has 2 aromatic rings. The highest BCUT2D eigenvalue weighted by Gasteiger charge is 2.18. The minimum atomic E-state index is -4.16. The molecule has 0 aliphatic heterocycles. The van der Waals surface area contributed by atoms with Crippen LogP contribution in [0.3, 0.4) is 0 Å². The SMILES string of the molecule is O=c1[nH]cc(S(=O)(=O)NOCc2ccccc2)c(=O)[nH]1. The summed E-state index contributed by atoms with van der Waals surface area (Å²) < 4.78 is 23.6. The third-order valence-corrected chi connectivity index (χ3v) is 3.54. The smallest absolute Gasteiger partial charge is 0.313 e. The van der Waals surface area contributed by atoms with Gasteiger partial charge in [0.25, 0.3) is 15.6 Å². The maximum Gasteiger partial charge on any atom is 0.325 e. The largest absolute Gasteiger partial charge is 0.325 e. The first-order valence-corrected chi connectivity index (χ1v) is 6.97. The van der Waals surface area contributed by atoms with Crippen LogP contribution in [0, 0.1) is 0 Å². The lowest BCUT2D eigenvalue weighted by Crippen LogP contribution is -2.33. The van der Waals surface area contributed by atoms with Gasteiger partial charge in [-0.3, -0.25) is 14.6 Å². The Kier molecular flexibility index (Phi) is 4.13. The molecule has 3 N–H and O–H groups in total. The molecule has 1 heterocycles. The van der Waals surface area contributed by atoms with Crippen LogP contribution in [-0.2, 0) is 21.5 Å². The van der Waals surface area contributed by atoms with E-state index in [9.17, 15) is 18.0 Å². The molecule has 0 saturated heterocycles. The van der Waals surface area contributed by atoms with Crippen LogP contribution in [0.5, 0.6) is 0 Å². The number of sulfonamides is 1. The van der Waals surface area contributed by atoms with E-state index >= 15 is 0 Å². The van der Waals surface area contributed by atoms with Gasteiger partial charge in [-0.2, -0.15) is 0 Å². The van der Waals surface area contributed by atoms with Crippen molar-refractivity contribution in [3.05, 3.63) is 62.9 Å². The fourth-order valence-corrected chi connectivity index (χ4v) is 2.22. The molecular formula is C11H11N3O5S. The summed E-state index contributed by atoms with van der Waals surface area (Å²) in [6.07, 6.45) is 0.801. The molecule has 1 aromatic heterocycles. The van der Waals surface area contributed by atoms with Crippen molar-refractivity contribution in [3.63, 3.8) is 0 Å². The van der Waals surface area contributed by atoms with Crippen LogP contribution >= 0.6 is 0 Å². The van der Waals surface area contributed by atoms with E-state index in [-0.39, 0.29) is 6.61 Å². The molecule has 106 valence electrons. The van der Waals surface area contributed by atoms with Gasteiger partial charge in [0.05, 0.1) is 6.61 Å². The fraction of sp³-hybridized carbons (Fsp3) is 0.0909. The third kappa shape index (κ3) is 3.41. The Morgan fingerprint density at radius 3 is 2.50 bits per heavy atom. The van der Waals surface area contributed by atoms with Gasteiger partial charge in [0.15, 0.2) is 4.90 Å². The topological polar surface area (TPSA) is 121 Å². The zero-order valence-electron chi connectivity index (χ0n) is 10.1. The molecule has 0 aliphatic rings. The number of H-pyrrole nitrogens is 2. The molecule has 0 radical (unpaired) electrons. The lowest BCUT2D eigenvalue weighted by atomic mass is 10.2. The summed E-state index contributed by atoms with van der Waals surface area (Å²) in [6, 6.07) is 8.87.